The molecule has 2 heterocycles. The lowest BCUT2D eigenvalue weighted by molar-refractivity contribution is 0.453. The van der Waals surface area contributed by atoms with Crippen LogP contribution in [0.1, 0.15) is 60.4 Å². The molecule has 0 amide bonds. The molecule has 108 valence electrons. The summed E-state index contributed by atoms with van der Waals surface area (Å²) in [6.45, 7) is 0. The van der Waals surface area contributed by atoms with Gasteiger partial charge < -0.3 is 20.3 Å². The molecule has 0 saturated heterocycles. The summed E-state index contributed by atoms with van der Waals surface area (Å²) in [5.41, 5.74) is 14.1. The maximum atomic E-state index is 5.83. The van der Waals surface area contributed by atoms with Gasteiger partial charge in [0.1, 0.15) is 11.5 Å². The summed E-state index contributed by atoms with van der Waals surface area (Å²) in [5, 5.41) is 0. The number of hydrogen-bond acceptors (Lipinski definition) is 4. The predicted molar refractivity (Wildman–Crippen MR) is 77.1 cm³/mol. The minimum Gasteiger partial charge on any atom is -0.469 e. The Morgan fingerprint density at radius 2 is 1.25 bits per heavy atom. The Bertz CT molecular complexity index is 508. The molecule has 4 heteroatoms. The van der Waals surface area contributed by atoms with Crippen LogP contribution in [-0.2, 0) is 12.8 Å². The molecule has 20 heavy (non-hydrogen) atoms. The first-order chi connectivity index (χ1) is 9.75. The minimum atomic E-state index is 0.225. The van der Waals surface area contributed by atoms with Gasteiger partial charge in [0, 0.05) is 36.1 Å². The van der Waals surface area contributed by atoms with Gasteiger partial charge >= 0.3 is 0 Å². The van der Waals surface area contributed by atoms with E-state index >= 15 is 0 Å². The standard InChI is InChI=1S/2C8H11NO/c2*9-7-2-1-3-8-6(7)4-5-10-8/h2*4-5,7H,1-3,9H2/t2*7-/m10/s1. The fourth-order valence-corrected chi connectivity index (χ4v) is 3.04. The molecular formula is C16H22N2O2. The average molecular weight is 274 g/mol. The van der Waals surface area contributed by atoms with Gasteiger partial charge in [-0.1, -0.05) is 0 Å². The summed E-state index contributed by atoms with van der Waals surface area (Å²) < 4.78 is 10.5. The zero-order valence-corrected chi connectivity index (χ0v) is 11.7. The van der Waals surface area contributed by atoms with Gasteiger partial charge in [-0.05, 0) is 37.8 Å². The van der Waals surface area contributed by atoms with Crippen LogP contribution < -0.4 is 11.5 Å². The lowest BCUT2D eigenvalue weighted by Gasteiger charge is -2.16. The molecule has 0 saturated carbocycles. The number of nitrogens with two attached hydrogens (primary N) is 2. The second-order valence-corrected chi connectivity index (χ2v) is 5.60. The van der Waals surface area contributed by atoms with Gasteiger partial charge in [0.15, 0.2) is 0 Å². The Balaban J connectivity index is 0.000000121. The molecule has 0 aromatic carbocycles. The highest BCUT2D eigenvalue weighted by Crippen LogP contribution is 2.28. The minimum absolute atomic E-state index is 0.225. The molecule has 2 atom stereocenters. The van der Waals surface area contributed by atoms with Crippen molar-refractivity contribution in [2.75, 3.05) is 0 Å². The molecular weight excluding hydrogens is 252 g/mol. The van der Waals surface area contributed by atoms with Crippen molar-refractivity contribution in [3.05, 3.63) is 47.3 Å². The van der Waals surface area contributed by atoms with Crippen molar-refractivity contribution in [1.29, 1.82) is 0 Å². The summed E-state index contributed by atoms with van der Waals surface area (Å²) >= 11 is 0. The van der Waals surface area contributed by atoms with Crippen LogP contribution in [0.5, 0.6) is 0 Å². The fourth-order valence-electron chi connectivity index (χ4n) is 3.04. The van der Waals surface area contributed by atoms with Gasteiger partial charge in [0.05, 0.1) is 12.5 Å². The van der Waals surface area contributed by atoms with Gasteiger partial charge in [-0.3, -0.25) is 0 Å². The van der Waals surface area contributed by atoms with Gasteiger partial charge in [-0.15, -0.1) is 0 Å². The van der Waals surface area contributed by atoms with Gasteiger partial charge in [0.2, 0.25) is 0 Å². The van der Waals surface area contributed by atoms with Crippen LogP contribution in [0.4, 0.5) is 0 Å². The van der Waals surface area contributed by atoms with Gasteiger partial charge in [-0.2, -0.15) is 0 Å². The molecule has 2 aromatic heterocycles. The summed E-state index contributed by atoms with van der Waals surface area (Å²) in [5.74, 6) is 2.19. The molecule has 4 nitrogen and oxygen atoms in total. The first-order valence-electron chi connectivity index (χ1n) is 7.39. The lowest BCUT2D eigenvalue weighted by Crippen LogP contribution is -2.15. The zero-order valence-electron chi connectivity index (χ0n) is 11.7. The smallest absolute Gasteiger partial charge is 0.108 e. The highest BCUT2D eigenvalue weighted by Gasteiger charge is 2.19. The maximum Gasteiger partial charge on any atom is 0.108 e. The molecule has 0 spiro atoms. The molecule has 4 N–H and O–H groups in total. The lowest BCUT2D eigenvalue weighted by atomic mass is 9.94. The van der Waals surface area contributed by atoms with E-state index < -0.39 is 0 Å². The van der Waals surface area contributed by atoms with Crippen LogP contribution in [-0.4, -0.2) is 0 Å². The predicted octanol–water partition coefficient (Wildman–Crippen LogP) is 3.23. The zero-order chi connectivity index (χ0) is 13.9. The Morgan fingerprint density at radius 3 is 1.65 bits per heavy atom. The second kappa shape index (κ2) is 5.85. The van der Waals surface area contributed by atoms with Crippen molar-refractivity contribution in [1.82, 2.24) is 0 Å². The quantitative estimate of drug-likeness (QED) is 0.773. The van der Waals surface area contributed by atoms with E-state index in [1.807, 2.05) is 12.1 Å². The third-order valence-corrected chi connectivity index (χ3v) is 4.20. The van der Waals surface area contributed by atoms with Crippen molar-refractivity contribution in [2.24, 2.45) is 11.5 Å². The Hall–Kier alpha value is -1.52. The van der Waals surface area contributed by atoms with Crippen molar-refractivity contribution < 1.29 is 8.83 Å². The molecule has 0 fully saturated rings. The van der Waals surface area contributed by atoms with E-state index in [4.69, 9.17) is 20.3 Å². The molecule has 2 aromatic rings. The molecule has 2 aliphatic rings. The molecule has 4 rings (SSSR count). The van der Waals surface area contributed by atoms with E-state index in [2.05, 4.69) is 0 Å². The summed E-state index contributed by atoms with van der Waals surface area (Å²) in [7, 11) is 0. The fraction of sp³-hybridized carbons (Fsp3) is 0.500. The first-order valence-corrected chi connectivity index (χ1v) is 7.39. The summed E-state index contributed by atoms with van der Waals surface area (Å²) in [6, 6.07) is 4.42. The summed E-state index contributed by atoms with van der Waals surface area (Å²) in [4.78, 5) is 0. The van der Waals surface area contributed by atoms with E-state index in [-0.39, 0.29) is 12.1 Å². The monoisotopic (exact) mass is 274 g/mol. The number of fused-ring (bicyclic) bond motifs is 2. The Morgan fingerprint density at radius 1 is 0.800 bits per heavy atom. The van der Waals surface area contributed by atoms with Crippen molar-refractivity contribution in [3.8, 4) is 0 Å². The molecule has 2 aliphatic carbocycles. The first kappa shape index (κ1) is 13.5. The largest absolute Gasteiger partial charge is 0.469 e. The van der Waals surface area contributed by atoms with Crippen LogP contribution in [0.25, 0.3) is 0 Å². The number of aryl methyl sites for hydroxylation is 2. The highest BCUT2D eigenvalue weighted by atomic mass is 16.3. The third kappa shape index (κ3) is 2.67. The normalized spacial score (nSPS) is 24.3. The number of furan rings is 2. The van der Waals surface area contributed by atoms with Crippen molar-refractivity contribution >= 4 is 0 Å². The van der Waals surface area contributed by atoms with Crippen LogP contribution in [0.3, 0.4) is 0 Å². The second-order valence-electron chi connectivity index (χ2n) is 5.60. The molecule has 0 unspecified atom stereocenters. The van der Waals surface area contributed by atoms with E-state index in [0.717, 1.165) is 37.2 Å². The van der Waals surface area contributed by atoms with Crippen LogP contribution in [0.15, 0.2) is 33.5 Å². The molecule has 0 radical (unpaired) electrons. The van der Waals surface area contributed by atoms with Crippen LogP contribution in [0.2, 0.25) is 0 Å². The average Bonchev–Trinajstić information content (AvgIpc) is 3.08. The highest BCUT2D eigenvalue weighted by molar-refractivity contribution is 5.24. The van der Waals surface area contributed by atoms with Gasteiger partial charge in [-0.25, -0.2) is 0 Å². The Labute approximate surface area is 119 Å². The number of hydrogen-bond donors (Lipinski definition) is 2. The third-order valence-electron chi connectivity index (χ3n) is 4.20. The van der Waals surface area contributed by atoms with E-state index in [9.17, 15) is 0 Å². The van der Waals surface area contributed by atoms with E-state index in [1.54, 1.807) is 12.5 Å². The summed E-state index contributed by atoms with van der Waals surface area (Å²) in [6.07, 6.45) is 10.1. The van der Waals surface area contributed by atoms with Crippen molar-refractivity contribution in [2.45, 2.75) is 50.6 Å². The van der Waals surface area contributed by atoms with Crippen LogP contribution >= 0.6 is 0 Å². The van der Waals surface area contributed by atoms with E-state index in [0.29, 0.717) is 0 Å². The van der Waals surface area contributed by atoms with Gasteiger partial charge in [0.25, 0.3) is 0 Å². The number of rotatable bonds is 0. The van der Waals surface area contributed by atoms with Crippen molar-refractivity contribution in [3.63, 3.8) is 0 Å². The van der Waals surface area contributed by atoms with Crippen LogP contribution in [0, 0.1) is 0 Å². The van der Waals surface area contributed by atoms with E-state index in [1.165, 1.54) is 24.0 Å². The topological polar surface area (TPSA) is 78.3 Å². The maximum absolute atomic E-state index is 5.83. The SMILES string of the molecule is N[C@@H]1CCCc2occc21.N[C@H]1CCCc2occc21. The molecule has 0 aliphatic heterocycles. The molecule has 0 bridgehead atoms. The Kier molecular flexibility index (Phi) is 3.94.